The van der Waals surface area contributed by atoms with Gasteiger partial charge in [-0.1, -0.05) is 31.5 Å². The number of pyridine rings is 1. The number of aromatic nitrogens is 3. The van der Waals surface area contributed by atoms with Gasteiger partial charge in [-0.3, -0.25) is 19.3 Å². The Morgan fingerprint density at radius 1 is 1.11 bits per heavy atom. The first-order valence-electron chi connectivity index (χ1n) is 11.4. The molecule has 3 aromatic heterocycles. The van der Waals surface area contributed by atoms with E-state index in [4.69, 9.17) is 11.6 Å². The Bertz CT molecular complexity index is 1530. The smallest absolute Gasteiger partial charge is 0.261 e. The minimum Gasteiger partial charge on any atom is -0.343 e. The SMILES string of the molecule is CC1(C)CNCCC1n1cc(C2=C(c3cnc4ccccn34)C(=O)NC2=O)c2cc(Cl)ccc21.Cl. The first kappa shape index (κ1) is 23.6. The van der Waals surface area contributed by atoms with Gasteiger partial charge < -0.3 is 9.88 Å². The average molecular weight is 510 g/mol. The molecule has 1 atom stereocenters. The lowest BCUT2D eigenvalue weighted by Gasteiger charge is -2.40. The predicted molar refractivity (Wildman–Crippen MR) is 140 cm³/mol. The summed E-state index contributed by atoms with van der Waals surface area (Å²) in [5, 5.41) is 7.43. The predicted octanol–water partition coefficient (Wildman–Crippen LogP) is 4.49. The maximum absolute atomic E-state index is 13.2. The Kier molecular flexibility index (Phi) is 5.74. The van der Waals surface area contributed by atoms with E-state index in [0.717, 1.165) is 30.4 Å². The molecule has 0 saturated carbocycles. The molecular weight excluding hydrogens is 485 g/mol. The van der Waals surface area contributed by atoms with E-state index in [9.17, 15) is 9.59 Å². The molecule has 1 unspecified atom stereocenters. The van der Waals surface area contributed by atoms with Crippen molar-refractivity contribution in [1.29, 1.82) is 0 Å². The summed E-state index contributed by atoms with van der Waals surface area (Å²) < 4.78 is 4.09. The highest BCUT2D eigenvalue weighted by molar-refractivity contribution is 6.50. The Hall–Kier alpha value is -3.13. The number of hydrogen-bond donors (Lipinski definition) is 2. The quantitative estimate of drug-likeness (QED) is 0.398. The summed E-state index contributed by atoms with van der Waals surface area (Å²) in [4.78, 5) is 30.7. The molecule has 1 aromatic carbocycles. The van der Waals surface area contributed by atoms with Gasteiger partial charge in [-0.05, 0) is 48.7 Å². The number of imidazole rings is 1. The van der Waals surface area contributed by atoms with Gasteiger partial charge in [0.05, 0.1) is 23.0 Å². The molecule has 2 aliphatic rings. The summed E-state index contributed by atoms with van der Waals surface area (Å²) in [6.45, 7) is 6.32. The topological polar surface area (TPSA) is 80.4 Å². The third kappa shape index (κ3) is 3.66. The number of nitrogens with one attached hydrogen (secondary N) is 2. The van der Waals surface area contributed by atoms with Crippen LogP contribution in [0.5, 0.6) is 0 Å². The number of halogens is 2. The van der Waals surface area contributed by atoms with E-state index in [1.54, 1.807) is 6.20 Å². The molecule has 6 rings (SSSR count). The van der Waals surface area contributed by atoms with Gasteiger partial charge in [0.25, 0.3) is 11.8 Å². The van der Waals surface area contributed by atoms with Gasteiger partial charge in [-0.2, -0.15) is 0 Å². The van der Waals surface area contributed by atoms with E-state index in [2.05, 4.69) is 34.0 Å². The normalized spacial score (nSPS) is 19.9. The van der Waals surface area contributed by atoms with Crippen LogP contribution in [0, 0.1) is 5.41 Å². The Morgan fingerprint density at radius 3 is 2.71 bits per heavy atom. The van der Waals surface area contributed by atoms with Crippen LogP contribution in [0.25, 0.3) is 27.7 Å². The molecule has 0 spiro atoms. The maximum Gasteiger partial charge on any atom is 0.261 e. The minimum absolute atomic E-state index is 0. The summed E-state index contributed by atoms with van der Waals surface area (Å²) in [5.74, 6) is -0.828. The molecule has 2 amide bonds. The number of carbonyl (C=O) groups excluding carboxylic acids is 2. The Labute approximate surface area is 213 Å². The van der Waals surface area contributed by atoms with Crippen molar-refractivity contribution in [3.63, 3.8) is 0 Å². The van der Waals surface area contributed by atoms with Gasteiger partial charge in [0.2, 0.25) is 0 Å². The molecule has 7 nitrogen and oxygen atoms in total. The molecule has 0 bridgehead atoms. The second-order valence-electron chi connectivity index (χ2n) is 9.69. The molecule has 9 heteroatoms. The molecule has 2 aliphatic heterocycles. The lowest BCUT2D eigenvalue weighted by Crippen LogP contribution is -2.43. The van der Waals surface area contributed by atoms with Crippen LogP contribution in [0.15, 0.2) is 55.0 Å². The van der Waals surface area contributed by atoms with Crippen LogP contribution in [0.2, 0.25) is 5.02 Å². The van der Waals surface area contributed by atoms with Gasteiger partial charge >= 0.3 is 0 Å². The largest absolute Gasteiger partial charge is 0.343 e. The number of carbonyl (C=O) groups is 2. The zero-order valence-electron chi connectivity index (χ0n) is 19.3. The highest BCUT2D eigenvalue weighted by Gasteiger charge is 2.38. The van der Waals surface area contributed by atoms with E-state index < -0.39 is 11.8 Å². The van der Waals surface area contributed by atoms with Crippen molar-refractivity contribution in [3.8, 4) is 0 Å². The highest BCUT2D eigenvalue weighted by Crippen LogP contribution is 2.42. The number of imide groups is 1. The lowest BCUT2D eigenvalue weighted by atomic mass is 9.80. The van der Waals surface area contributed by atoms with Crippen LogP contribution < -0.4 is 10.6 Å². The summed E-state index contributed by atoms with van der Waals surface area (Å²) in [7, 11) is 0. The third-order valence-electron chi connectivity index (χ3n) is 7.08. The monoisotopic (exact) mass is 509 g/mol. The molecule has 1 saturated heterocycles. The number of hydrogen-bond acceptors (Lipinski definition) is 4. The van der Waals surface area contributed by atoms with Gasteiger partial charge in [0.1, 0.15) is 5.65 Å². The number of piperidine rings is 1. The van der Waals surface area contributed by atoms with Gasteiger partial charge in [-0.25, -0.2) is 4.98 Å². The number of fused-ring (bicyclic) bond motifs is 2. The third-order valence-corrected chi connectivity index (χ3v) is 7.32. The fourth-order valence-electron chi connectivity index (χ4n) is 5.43. The number of nitrogens with zero attached hydrogens (tertiary/aromatic N) is 3. The first-order chi connectivity index (χ1) is 16.3. The van der Waals surface area contributed by atoms with Crippen molar-refractivity contribution in [2.24, 2.45) is 5.41 Å². The second kappa shape index (κ2) is 8.52. The molecule has 1 fully saturated rings. The Morgan fingerprint density at radius 2 is 1.91 bits per heavy atom. The van der Waals surface area contributed by atoms with Crippen molar-refractivity contribution in [2.75, 3.05) is 13.1 Å². The molecule has 0 radical (unpaired) electrons. The van der Waals surface area contributed by atoms with Crippen LogP contribution in [-0.2, 0) is 9.59 Å². The van der Waals surface area contributed by atoms with E-state index in [1.807, 2.05) is 53.2 Å². The molecular formula is C26H25Cl2N5O2. The van der Waals surface area contributed by atoms with Crippen LogP contribution in [0.1, 0.15) is 37.6 Å². The minimum atomic E-state index is -0.421. The van der Waals surface area contributed by atoms with Gasteiger partial charge in [-0.15, -0.1) is 12.4 Å². The van der Waals surface area contributed by atoms with Crippen molar-refractivity contribution < 1.29 is 9.59 Å². The van der Waals surface area contributed by atoms with Crippen LogP contribution in [0.4, 0.5) is 0 Å². The van der Waals surface area contributed by atoms with Crippen LogP contribution >= 0.6 is 24.0 Å². The van der Waals surface area contributed by atoms with Gasteiger partial charge in [0.15, 0.2) is 0 Å². The van der Waals surface area contributed by atoms with E-state index in [1.165, 1.54) is 0 Å². The molecule has 35 heavy (non-hydrogen) atoms. The maximum atomic E-state index is 13.2. The first-order valence-corrected chi connectivity index (χ1v) is 11.8. The second-order valence-corrected chi connectivity index (χ2v) is 10.1. The fourth-order valence-corrected chi connectivity index (χ4v) is 5.60. The zero-order valence-corrected chi connectivity index (χ0v) is 20.9. The average Bonchev–Trinajstić information content (AvgIpc) is 3.46. The van der Waals surface area contributed by atoms with E-state index in [0.29, 0.717) is 33.1 Å². The van der Waals surface area contributed by atoms with Crippen molar-refractivity contribution in [1.82, 2.24) is 24.6 Å². The standard InChI is InChI=1S/C26H24ClN5O2.ClH/c1-26(2)14-28-9-8-20(26)32-13-17(16-11-15(27)6-7-18(16)32)22-23(25(34)30-24(22)33)19-12-29-21-5-3-4-10-31(19)21;/h3-7,10-13,20,28H,8-9,14H2,1-2H3,(H,30,33,34);1H. The molecule has 4 aromatic rings. The van der Waals surface area contributed by atoms with E-state index in [-0.39, 0.29) is 23.9 Å². The van der Waals surface area contributed by atoms with Crippen molar-refractivity contribution in [2.45, 2.75) is 26.3 Å². The highest BCUT2D eigenvalue weighted by atomic mass is 35.5. The molecule has 5 heterocycles. The molecule has 180 valence electrons. The summed E-state index contributed by atoms with van der Waals surface area (Å²) >= 11 is 6.41. The van der Waals surface area contributed by atoms with Gasteiger partial charge in [0, 0.05) is 46.5 Å². The van der Waals surface area contributed by atoms with Crippen molar-refractivity contribution in [3.05, 3.63) is 71.3 Å². The number of rotatable bonds is 3. The van der Waals surface area contributed by atoms with Crippen molar-refractivity contribution >= 4 is 63.5 Å². The summed E-state index contributed by atoms with van der Waals surface area (Å²) in [6, 6.07) is 11.6. The van der Waals surface area contributed by atoms with Crippen LogP contribution in [-0.4, -0.2) is 38.9 Å². The van der Waals surface area contributed by atoms with Crippen LogP contribution in [0.3, 0.4) is 0 Å². The number of amides is 2. The fraction of sp³-hybridized carbons (Fsp3) is 0.269. The lowest BCUT2D eigenvalue weighted by molar-refractivity contribution is -0.122. The molecule has 0 aliphatic carbocycles. The Balaban J connectivity index is 0.00000253. The molecule has 2 N–H and O–H groups in total. The number of benzene rings is 1. The summed E-state index contributed by atoms with van der Waals surface area (Å²) in [6.07, 6.45) is 6.47. The summed E-state index contributed by atoms with van der Waals surface area (Å²) in [5.41, 5.74) is 3.68. The zero-order chi connectivity index (χ0) is 23.6. The van der Waals surface area contributed by atoms with E-state index >= 15 is 0 Å².